The summed E-state index contributed by atoms with van der Waals surface area (Å²) in [6.07, 6.45) is 0. The second-order valence-corrected chi connectivity index (χ2v) is 6.49. The van der Waals surface area contributed by atoms with Gasteiger partial charge in [0, 0.05) is 12.1 Å². The topological polar surface area (TPSA) is 102 Å². The summed E-state index contributed by atoms with van der Waals surface area (Å²) in [6.45, 7) is 2.98. The van der Waals surface area contributed by atoms with Crippen molar-refractivity contribution in [3.63, 3.8) is 0 Å². The molecule has 0 aliphatic carbocycles. The molecule has 112 valence electrons. The summed E-state index contributed by atoms with van der Waals surface area (Å²) in [5.74, 6) is -0.830. The van der Waals surface area contributed by atoms with Gasteiger partial charge in [-0.15, -0.1) is 0 Å². The molecule has 0 radical (unpaired) electrons. The zero-order valence-electron chi connectivity index (χ0n) is 11.6. The number of hydrogen-bond donors (Lipinski definition) is 2. The first-order chi connectivity index (χ1) is 9.22. The second-order valence-electron chi connectivity index (χ2n) is 4.25. The number of benzene rings is 1. The Morgan fingerprint density at radius 3 is 2.10 bits per heavy atom. The summed E-state index contributed by atoms with van der Waals surface area (Å²) in [6, 6.07) is 2.49. The number of rotatable bonds is 6. The fourth-order valence-electron chi connectivity index (χ4n) is 1.41. The molecule has 20 heavy (non-hydrogen) atoms. The molecule has 7 nitrogen and oxygen atoms in total. The van der Waals surface area contributed by atoms with E-state index in [9.17, 15) is 13.2 Å². The normalized spacial score (nSPS) is 11.2. The summed E-state index contributed by atoms with van der Waals surface area (Å²) >= 11 is 0. The van der Waals surface area contributed by atoms with Gasteiger partial charge in [-0.1, -0.05) is 0 Å². The minimum atomic E-state index is -3.66. The maximum atomic E-state index is 11.9. The van der Waals surface area contributed by atoms with Crippen LogP contribution < -0.4 is 14.2 Å². The third-order valence-corrected chi connectivity index (χ3v) is 4.37. The lowest BCUT2D eigenvalue weighted by molar-refractivity contribution is 0.0697. The van der Waals surface area contributed by atoms with Crippen LogP contribution in [-0.2, 0) is 10.0 Å². The molecule has 1 aromatic carbocycles. The SMILES string of the molecule is COc1cc(NS(=O)(=O)C(C)C)c(C(=O)O)cc1OC. The second kappa shape index (κ2) is 6.00. The minimum absolute atomic E-state index is 0.0659. The van der Waals surface area contributed by atoms with E-state index in [1.165, 1.54) is 40.2 Å². The van der Waals surface area contributed by atoms with Crippen LogP contribution in [0.2, 0.25) is 0 Å². The quantitative estimate of drug-likeness (QED) is 0.826. The fraction of sp³-hybridized carbons (Fsp3) is 0.417. The molecule has 0 fully saturated rings. The third kappa shape index (κ3) is 3.32. The van der Waals surface area contributed by atoms with Gasteiger partial charge in [-0.3, -0.25) is 4.72 Å². The van der Waals surface area contributed by atoms with E-state index in [-0.39, 0.29) is 22.7 Å². The molecule has 0 spiro atoms. The van der Waals surface area contributed by atoms with Crippen molar-refractivity contribution in [3.8, 4) is 11.5 Å². The molecule has 0 saturated carbocycles. The fourth-order valence-corrected chi connectivity index (χ4v) is 2.12. The van der Waals surface area contributed by atoms with Crippen LogP contribution in [0, 0.1) is 0 Å². The molecule has 0 atom stereocenters. The number of aromatic carboxylic acids is 1. The van der Waals surface area contributed by atoms with Gasteiger partial charge in [-0.2, -0.15) is 0 Å². The van der Waals surface area contributed by atoms with E-state index in [4.69, 9.17) is 14.6 Å². The molecule has 0 aliphatic heterocycles. The van der Waals surface area contributed by atoms with Crippen LogP contribution in [0.4, 0.5) is 5.69 Å². The maximum absolute atomic E-state index is 11.9. The van der Waals surface area contributed by atoms with E-state index >= 15 is 0 Å². The van der Waals surface area contributed by atoms with E-state index in [1.807, 2.05) is 0 Å². The first-order valence-electron chi connectivity index (χ1n) is 5.74. The lowest BCUT2D eigenvalue weighted by atomic mass is 10.1. The number of sulfonamides is 1. The molecule has 0 saturated heterocycles. The van der Waals surface area contributed by atoms with E-state index < -0.39 is 21.2 Å². The lowest BCUT2D eigenvalue weighted by Crippen LogP contribution is -2.23. The van der Waals surface area contributed by atoms with Crippen LogP contribution in [0.25, 0.3) is 0 Å². The van der Waals surface area contributed by atoms with Gasteiger partial charge < -0.3 is 14.6 Å². The number of nitrogens with one attached hydrogen (secondary N) is 1. The Hall–Kier alpha value is -1.96. The summed E-state index contributed by atoms with van der Waals surface area (Å²) in [5.41, 5.74) is -0.282. The van der Waals surface area contributed by atoms with Crippen molar-refractivity contribution in [1.82, 2.24) is 0 Å². The largest absolute Gasteiger partial charge is 0.493 e. The van der Waals surface area contributed by atoms with Gasteiger partial charge in [0.15, 0.2) is 11.5 Å². The highest BCUT2D eigenvalue weighted by Crippen LogP contribution is 2.34. The van der Waals surface area contributed by atoms with Crippen LogP contribution in [0.1, 0.15) is 24.2 Å². The van der Waals surface area contributed by atoms with Crippen LogP contribution >= 0.6 is 0 Å². The molecule has 0 amide bonds. The van der Waals surface area contributed by atoms with Crippen LogP contribution in [0.15, 0.2) is 12.1 Å². The number of ether oxygens (including phenoxy) is 2. The molecule has 1 rings (SSSR count). The van der Waals surface area contributed by atoms with Crippen molar-refractivity contribution < 1.29 is 27.8 Å². The van der Waals surface area contributed by atoms with Gasteiger partial charge in [0.1, 0.15) is 0 Å². The average molecular weight is 303 g/mol. The predicted molar refractivity (Wildman–Crippen MR) is 74.2 cm³/mol. The minimum Gasteiger partial charge on any atom is -0.493 e. The van der Waals surface area contributed by atoms with E-state index in [0.29, 0.717) is 0 Å². The molecule has 8 heteroatoms. The molecule has 2 N–H and O–H groups in total. The van der Waals surface area contributed by atoms with Crippen LogP contribution in [0.5, 0.6) is 11.5 Å². The van der Waals surface area contributed by atoms with Crippen molar-refractivity contribution in [3.05, 3.63) is 17.7 Å². The highest BCUT2D eigenvalue weighted by molar-refractivity contribution is 7.93. The van der Waals surface area contributed by atoms with Crippen molar-refractivity contribution >= 4 is 21.7 Å². The number of carboxylic acid groups (broad SMARTS) is 1. The zero-order valence-corrected chi connectivity index (χ0v) is 12.4. The van der Waals surface area contributed by atoms with Gasteiger partial charge >= 0.3 is 5.97 Å². The Bertz CT molecular complexity index is 609. The number of anilines is 1. The molecular formula is C12H17NO6S. The summed E-state index contributed by atoms with van der Waals surface area (Å²) in [7, 11) is -0.925. The molecule has 1 aromatic rings. The van der Waals surface area contributed by atoms with Crippen LogP contribution in [0.3, 0.4) is 0 Å². The van der Waals surface area contributed by atoms with Gasteiger partial charge in [0.05, 0.1) is 30.7 Å². The van der Waals surface area contributed by atoms with Crippen molar-refractivity contribution in [2.45, 2.75) is 19.1 Å². The molecule has 0 aliphatic rings. The monoisotopic (exact) mass is 303 g/mol. The molecule has 0 heterocycles. The van der Waals surface area contributed by atoms with Crippen molar-refractivity contribution in [2.24, 2.45) is 0 Å². The lowest BCUT2D eigenvalue weighted by Gasteiger charge is -2.15. The third-order valence-electron chi connectivity index (χ3n) is 2.63. The Balaban J connectivity index is 3.41. The Labute approximate surface area is 117 Å². The van der Waals surface area contributed by atoms with Gasteiger partial charge in [0.2, 0.25) is 10.0 Å². The first kappa shape index (κ1) is 16.1. The standard InChI is InChI=1S/C12H17NO6S/c1-7(2)20(16,17)13-9-6-11(19-4)10(18-3)5-8(9)12(14)15/h5-7,13H,1-4H3,(H,14,15). The Kier molecular flexibility index (Phi) is 4.83. The number of carbonyl (C=O) groups is 1. The van der Waals surface area contributed by atoms with Gasteiger partial charge in [0.25, 0.3) is 0 Å². The van der Waals surface area contributed by atoms with Crippen molar-refractivity contribution in [2.75, 3.05) is 18.9 Å². The van der Waals surface area contributed by atoms with E-state index in [0.717, 1.165) is 0 Å². The van der Waals surface area contributed by atoms with E-state index in [1.54, 1.807) is 0 Å². The summed E-state index contributed by atoms with van der Waals surface area (Å²) < 4.78 is 36.0. The average Bonchev–Trinajstić information content (AvgIpc) is 2.37. The molecule has 0 bridgehead atoms. The maximum Gasteiger partial charge on any atom is 0.337 e. The number of carboxylic acids is 1. The zero-order chi connectivity index (χ0) is 15.5. The predicted octanol–water partition coefficient (Wildman–Crippen LogP) is 1.55. The summed E-state index contributed by atoms with van der Waals surface area (Å²) in [4.78, 5) is 11.2. The Morgan fingerprint density at radius 2 is 1.70 bits per heavy atom. The molecule has 0 aromatic heterocycles. The highest BCUT2D eigenvalue weighted by atomic mass is 32.2. The molecular weight excluding hydrogens is 286 g/mol. The van der Waals surface area contributed by atoms with Gasteiger partial charge in [-0.25, -0.2) is 13.2 Å². The highest BCUT2D eigenvalue weighted by Gasteiger charge is 2.22. The number of hydrogen-bond acceptors (Lipinski definition) is 5. The first-order valence-corrected chi connectivity index (χ1v) is 7.28. The van der Waals surface area contributed by atoms with Gasteiger partial charge in [-0.05, 0) is 13.8 Å². The smallest absolute Gasteiger partial charge is 0.337 e. The van der Waals surface area contributed by atoms with E-state index in [2.05, 4.69) is 4.72 Å². The molecule has 0 unspecified atom stereocenters. The van der Waals surface area contributed by atoms with Crippen molar-refractivity contribution in [1.29, 1.82) is 0 Å². The van der Waals surface area contributed by atoms with Crippen LogP contribution in [-0.4, -0.2) is 39.0 Å². The Morgan fingerprint density at radius 1 is 1.20 bits per heavy atom. The number of methoxy groups -OCH3 is 2. The summed E-state index contributed by atoms with van der Waals surface area (Å²) in [5, 5.41) is 8.46.